The molecule has 36 heavy (non-hydrogen) atoms. The van der Waals surface area contributed by atoms with Crippen molar-refractivity contribution < 1.29 is 48.0 Å². The van der Waals surface area contributed by atoms with Crippen LogP contribution >= 0.6 is 0 Å². The number of esters is 4. The van der Waals surface area contributed by atoms with Crippen molar-refractivity contribution in [2.75, 3.05) is 26.9 Å². The second-order valence-corrected chi connectivity index (χ2v) is 8.72. The third kappa shape index (κ3) is 12.3. The molecule has 0 aliphatic heterocycles. The summed E-state index contributed by atoms with van der Waals surface area (Å²) < 4.78 is 19.5. The molecule has 0 aromatic carbocycles. The molecule has 0 amide bonds. The highest BCUT2D eigenvalue weighted by Gasteiger charge is 2.40. The first-order chi connectivity index (χ1) is 16.9. The number of hydrogen-bond acceptors (Lipinski definition) is 10. The van der Waals surface area contributed by atoms with Crippen LogP contribution in [-0.4, -0.2) is 61.9 Å². The first kappa shape index (κ1) is 32.6. The monoisotopic (exact) mass is 511 g/mol. The van der Waals surface area contributed by atoms with Crippen molar-refractivity contribution in [3.63, 3.8) is 0 Å². The first-order valence-electron chi connectivity index (χ1n) is 11.7. The van der Waals surface area contributed by atoms with E-state index in [4.69, 9.17) is 18.9 Å². The molecule has 0 aromatic rings. The van der Waals surface area contributed by atoms with Crippen LogP contribution in [0.2, 0.25) is 0 Å². The van der Waals surface area contributed by atoms with E-state index in [1.165, 1.54) is 27.0 Å². The Morgan fingerprint density at radius 3 is 2.11 bits per heavy atom. The number of ether oxygens (including phenoxy) is 4. The Hall–Kier alpha value is -3.42. The van der Waals surface area contributed by atoms with Gasteiger partial charge in [-0.1, -0.05) is 26.5 Å². The fourth-order valence-corrected chi connectivity index (χ4v) is 3.62. The second kappa shape index (κ2) is 17.1. The zero-order chi connectivity index (χ0) is 27.7. The van der Waals surface area contributed by atoms with Gasteiger partial charge in [0.05, 0.1) is 43.3 Å². The van der Waals surface area contributed by atoms with Crippen LogP contribution in [0.4, 0.5) is 0 Å². The molecule has 1 N–H and O–H groups in total. The molecule has 4 unspecified atom stereocenters. The molecule has 0 bridgehead atoms. The van der Waals surface area contributed by atoms with E-state index in [1.807, 2.05) is 0 Å². The summed E-state index contributed by atoms with van der Waals surface area (Å²) in [5, 5.41) is 19.4. The number of nitriles is 1. The lowest BCUT2D eigenvalue weighted by atomic mass is 9.73. The largest absolute Gasteiger partial charge is 0.481 e. The van der Waals surface area contributed by atoms with E-state index in [2.05, 4.69) is 12.6 Å². The van der Waals surface area contributed by atoms with E-state index in [0.29, 0.717) is 6.42 Å². The zero-order valence-corrected chi connectivity index (χ0v) is 21.4. The number of carboxylic acid groups (broad SMARTS) is 1. The van der Waals surface area contributed by atoms with Crippen LogP contribution in [0.1, 0.15) is 59.3 Å². The molecule has 202 valence electrons. The number of nitrogens with zero attached hydrogens (tertiary/aromatic N) is 1. The smallest absolute Gasteiger partial charge is 0.309 e. The summed E-state index contributed by atoms with van der Waals surface area (Å²) in [6, 6.07) is 2.07. The van der Waals surface area contributed by atoms with E-state index in [1.54, 1.807) is 6.92 Å². The van der Waals surface area contributed by atoms with E-state index in [-0.39, 0.29) is 51.9 Å². The lowest BCUT2D eigenvalue weighted by molar-refractivity contribution is -0.158. The van der Waals surface area contributed by atoms with Gasteiger partial charge in [-0.2, -0.15) is 5.26 Å². The topological polar surface area (TPSA) is 166 Å². The summed E-state index contributed by atoms with van der Waals surface area (Å²) in [5.41, 5.74) is -1.42. The number of carbonyl (C=O) groups excluding carboxylic acids is 4. The molecule has 0 aromatic heterocycles. The quantitative estimate of drug-likeness (QED) is 0.124. The van der Waals surface area contributed by atoms with Crippen LogP contribution < -0.4 is 0 Å². The molecule has 0 aliphatic rings. The standard InChI is InChI=1S/C25H37NO10/c1-6-10-34-20(27)8-9-21(28)35-11-12-36-22(29)17(3)14-25(4,24(31)32)15-18(16-26)13-19(7-2)23(30)33-5/h6,17-19H,1,7-15H2,2-5H3,(H,31,32). The van der Waals surface area contributed by atoms with Crippen molar-refractivity contribution in [2.24, 2.45) is 23.2 Å². The van der Waals surface area contributed by atoms with Crippen molar-refractivity contribution in [3.05, 3.63) is 12.7 Å². The number of carboxylic acids is 1. The van der Waals surface area contributed by atoms with Gasteiger partial charge in [-0.05, 0) is 32.6 Å². The molecule has 0 aliphatic carbocycles. The number of carbonyl (C=O) groups is 5. The van der Waals surface area contributed by atoms with E-state index in [9.17, 15) is 34.3 Å². The Kier molecular flexibility index (Phi) is 15.5. The molecular formula is C25H37NO10. The molecule has 0 rings (SSSR count). The van der Waals surface area contributed by atoms with E-state index >= 15 is 0 Å². The van der Waals surface area contributed by atoms with Crippen molar-refractivity contribution in [2.45, 2.75) is 59.3 Å². The molecule has 0 fully saturated rings. The minimum atomic E-state index is -1.42. The third-order valence-electron chi connectivity index (χ3n) is 5.64. The Bertz CT molecular complexity index is 818. The van der Waals surface area contributed by atoms with Crippen molar-refractivity contribution in [3.8, 4) is 6.07 Å². The fourth-order valence-electron chi connectivity index (χ4n) is 3.62. The Morgan fingerprint density at radius 1 is 1.03 bits per heavy atom. The molecule has 0 saturated carbocycles. The lowest BCUT2D eigenvalue weighted by Crippen LogP contribution is -2.35. The van der Waals surface area contributed by atoms with Crippen LogP contribution in [0.5, 0.6) is 0 Å². The predicted octanol–water partition coefficient (Wildman–Crippen LogP) is 2.82. The number of rotatable bonds is 18. The van der Waals surface area contributed by atoms with Crippen LogP contribution in [0, 0.1) is 34.5 Å². The van der Waals surface area contributed by atoms with Gasteiger partial charge in [-0.3, -0.25) is 24.0 Å². The normalized spacial score (nSPS) is 14.6. The number of hydrogen-bond donors (Lipinski definition) is 1. The van der Waals surface area contributed by atoms with Gasteiger partial charge in [0.2, 0.25) is 0 Å². The van der Waals surface area contributed by atoms with E-state index in [0.717, 1.165) is 0 Å². The van der Waals surface area contributed by atoms with Crippen molar-refractivity contribution in [1.29, 1.82) is 5.26 Å². The Morgan fingerprint density at radius 2 is 1.61 bits per heavy atom. The summed E-state index contributed by atoms with van der Waals surface area (Å²) in [4.78, 5) is 59.2. The van der Waals surface area contributed by atoms with Crippen LogP contribution in [0.3, 0.4) is 0 Å². The fraction of sp³-hybridized carbons (Fsp3) is 0.680. The molecular weight excluding hydrogens is 474 g/mol. The van der Waals surface area contributed by atoms with Gasteiger partial charge >= 0.3 is 29.8 Å². The SMILES string of the molecule is C=CCOC(=O)CCC(=O)OCCOC(=O)C(C)CC(C)(CC(C#N)CC(CC)C(=O)OC)C(=O)O. The molecule has 11 heteroatoms. The average Bonchev–Trinajstić information content (AvgIpc) is 2.85. The van der Waals surface area contributed by atoms with Gasteiger partial charge in [-0.15, -0.1) is 0 Å². The molecule has 0 spiro atoms. The third-order valence-corrected chi connectivity index (χ3v) is 5.64. The van der Waals surface area contributed by atoms with Gasteiger partial charge < -0.3 is 24.1 Å². The van der Waals surface area contributed by atoms with Crippen LogP contribution in [-0.2, 0) is 42.9 Å². The van der Waals surface area contributed by atoms with Gasteiger partial charge in [0.1, 0.15) is 19.8 Å². The highest BCUT2D eigenvalue weighted by atomic mass is 16.6. The van der Waals surface area contributed by atoms with Gasteiger partial charge in [0.15, 0.2) is 0 Å². The van der Waals surface area contributed by atoms with Crippen molar-refractivity contribution >= 4 is 29.8 Å². The Balaban J connectivity index is 4.74. The summed E-state index contributed by atoms with van der Waals surface area (Å²) in [6.45, 7) is 7.72. The maximum absolute atomic E-state index is 12.4. The summed E-state index contributed by atoms with van der Waals surface area (Å²) in [5.74, 6) is -5.61. The number of methoxy groups -OCH3 is 1. The van der Waals surface area contributed by atoms with Crippen LogP contribution in [0.25, 0.3) is 0 Å². The first-order valence-corrected chi connectivity index (χ1v) is 11.7. The zero-order valence-electron chi connectivity index (χ0n) is 21.4. The maximum Gasteiger partial charge on any atom is 0.309 e. The van der Waals surface area contributed by atoms with Crippen molar-refractivity contribution in [1.82, 2.24) is 0 Å². The molecule has 0 heterocycles. The highest BCUT2D eigenvalue weighted by molar-refractivity contribution is 5.78. The van der Waals surface area contributed by atoms with Gasteiger partial charge in [-0.25, -0.2) is 0 Å². The predicted molar refractivity (Wildman–Crippen MR) is 126 cm³/mol. The number of aliphatic carboxylic acids is 1. The molecule has 4 atom stereocenters. The Labute approximate surface area is 211 Å². The highest BCUT2D eigenvalue weighted by Crippen LogP contribution is 2.36. The molecule has 0 saturated heterocycles. The molecule has 0 radical (unpaired) electrons. The maximum atomic E-state index is 12.4. The summed E-state index contributed by atoms with van der Waals surface area (Å²) in [6.07, 6.45) is 1.50. The minimum Gasteiger partial charge on any atom is -0.481 e. The summed E-state index contributed by atoms with van der Waals surface area (Å²) >= 11 is 0. The van der Waals surface area contributed by atoms with Gasteiger partial charge in [0.25, 0.3) is 0 Å². The van der Waals surface area contributed by atoms with Gasteiger partial charge in [0, 0.05) is 5.92 Å². The average molecular weight is 512 g/mol. The van der Waals surface area contributed by atoms with Crippen LogP contribution in [0.15, 0.2) is 12.7 Å². The minimum absolute atomic E-state index is 0.0485. The van der Waals surface area contributed by atoms with E-state index < -0.39 is 53.0 Å². The summed E-state index contributed by atoms with van der Waals surface area (Å²) in [7, 11) is 1.25. The second-order valence-electron chi connectivity index (χ2n) is 8.72. The lowest BCUT2D eigenvalue weighted by Gasteiger charge is -2.30. The molecule has 11 nitrogen and oxygen atoms in total.